The topological polar surface area (TPSA) is 68.5 Å². The van der Waals surface area contributed by atoms with Crippen LogP contribution in [0, 0.1) is 13.8 Å². The molecule has 0 atom stereocenters. The lowest BCUT2D eigenvalue weighted by atomic mass is 10.1. The van der Waals surface area contributed by atoms with Crippen LogP contribution in [-0.2, 0) is 11.2 Å². The van der Waals surface area contributed by atoms with Crippen molar-refractivity contribution in [3.05, 3.63) is 74.6 Å². The highest BCUT2D eigenvalue weighted by Gasteiger charge is 2.11. The summed E-state index contributed by atoms with van der Waals surface area (Å²) < 4.78 is 10.9. The lowest BCUT2D eigenvalue weighted by Crippen LogP contribution is -2.30. The van der Waals surface area contributed by atoms with Gasteiger partial charge in [0.1, 0.15) is 11.3 Å². The predicted octanol–water partition coefficient (Wildman–Crippen LogP) is 3.80. The molecule has 2 aromatic carbocycles. The number of hydrogen-bond acceptors (Lipinski definition) is 4. The van der Waals surface area contributed by atoms with Gasteiger partial charge >= 0.3 is 5.63 Å². The maximum Gasteiger partial charge on any atom is 0.336 e. The third-order valence-electron chi connectivity index (χ3n) is 4.30. The molecule has 3 rings (SSSR count). The quantitative estimate of drug-likeness (QED) is 0.655. The van der Waals surface area contributed by atoms with E-state index < -0.39 is 5.63 Å². The van der Waals surface area contributed by atoms with Gasteiger partial charge in [0.15, 0.2) is 6.61 Å². The summed E-state index contributed by atoms with van der Waals surface area (Å²) in [6.45, 7) is 4.04. The van der Waals surface area contributed by atoms with Crippen LogP contribution in [-0.4, -0.2) is 19.1 Å². The molecule has 0 spiro atoms. The molecule has 0 fully saturated rings. The van der Waals surface area contributed by atoms with E-state index in [4.69, 9.17) is 20.8 Å². The standard InChI is InChI=1S/C21H20ClNO4/c1-13-10-20(25)27-21-14(2)18(7-6-17(13)21)26-12-19(24)23-9-8-15-4-3-5-16(22)11-15/h3-7,10-11H,8-9,12H2,1-2H3,(H,23,24). The first-order valence-electron chi connectivity index (χ1n) is 8.62. The Bertz CT molecular complexity index is 1040. The highest BCUT2D eigenvalue weighted by Crippen LogP contribution is 2.28. The number of rotatable bonds is 6. The summed E-state index contributed by atoms with van der Waals surface area (Å²) in [4.78, 5) is 23.6. The SMILES string of the molecule is Cc1cc(=O)oc2c(C)c(OCC(=O)NCCc3cccc(Cl)c3)ccc12. The molecule has 5 nitrogen and oxygen atoms in total. The molecule has 1 N–H and O–H groups in total. The Kier molecular flexibility index (Phi) is 5.81. The van der Waals surface area contributed by atoms with Crippen LogP contribution in [0.5, 0.6) is 5.75 Å². The van der Waals surface area contributed by atoms with Gasteiger partial charge in [0.25, 0.3) is 5.91 Å². The number of amides is 1. The van der Waals surface area contributed by atoms with E-state index in [0.29, 0.717) is 34.9 Å². The predicted molar refractivity (Wildman–Crippen MR) is 106 cm³/mol. The molecular weight excluding hydrogens is 366 g/mol. The van der Waals surface area contributed by atoms with Crippen molar-refractivity contribution in [1.29, 1.82) is 0 Å². The minimum absolute atomic E-state index is 0.113. The summed E-state index contributed by atoms with van der Waals surface area (Å²) in [6, 6.07) is 12.6. The number of hydrogen-bond donors (Lipinski definition) is 1. The van der Waals surface area contributed by atoms with Crippen LogP contribution in [0.2, 0.25) is 5.02 Å². The number of nitrogens with one attached hydrogen (secondary N) is 1. The zero-order chi connectivity index (χ0) is 19.4. The Morgan fingerprint density at radius 2 is 2.00 bits per heavy atom. The molecule has 1 heterocycles. The fourth-order valence-electron chi connectivity index (χ4n) is 2.89. The third kappa shape index (κ3) is 4.68. The molecule has 1 amide bonds. The lowest BCUT2D eigenvalue weighted by Gasteiger charge is -2.11. The number of aryl methyl sites for hydroxylation is 2. The molecule has 0 unspecified atom stereocenters. The third-order valence-corrected chi connectivity index (χ3v) is 4.54. The minimum Gasteiger partial charge on any atom is -0.483 e. The molecule has 27 heavy (non-hydrogen) atoms. The van der Waals surface area contributed by atoms with E-state index in [9.17, 15) is 9.59 Å². The molecule has 0 bridgehead atoms. The lowest BCUT2D eigenvalue weighted by molar-refractivity contribution is -0.123. The van der Waals surface area contributed by atoms with Crippen molar-refractivity contribution in [1.82, 2.24) is 5.32 Å². The van der Waals surface area contributed by atoms with Crippen molar-refractivity contribution in [2.45, 2.75) is 20.3 Å². The Hall–Kier alpha value is -2.79. The summed E-state index contributed by atoms with van der Waals surface area (Å²) in [5, 5.41) is 4.34. The van der Waals surface area contributed by atoms with Crippen molar-refractivity contribution >= 4 is 28.5 Å². The van der Waals surface area contributed by atoms with Gasteiger partial charge in [-0.1, -0.05) is 23.7 Å². The van der Waals surface area contributed by atoms with E-state index in [-0.39, 0.29) is 12.5 Å². The summed E-state index contributed by atoms with van der Waals surface area (Å²) in [6.07, 6.45) is 0.686. The normalized spacial score (nSPS) is 10.8. The summed E-state index contributed by atoms with van der Waals surface area (Å²) >= 11 is 5.95. The fraction of sp³-hybridized carbons (Fsp3) is 0.238. The molecule has 0 aliphatic carbocycles. The minimum atomic E-state index is -0.404. The maximum atomic E-state index is 12.0. The van der Waals surface area contributed by atoms with Crippen LogP contribution in [0.1, 0.15) is 16.7 Å². The van der Waals surface area contributed by atoms with Crippen molar-refractivity contribution in [2.24, 2.45) is 0 Å². The molecule has 0 radical (unpaired) electrons. The number of carbonyl (C=O) groups excluding carboxylic acids is 1. The largest absolute Gasteiger partial charge is 0.483 e. The first-order chi connectivity index (χ1) is 12.9. The average molecular weight is 386 g/mol. The van der Waals surface area contributed by atoms with E-state index in [0.717, 1.165) is 16.5 Å². The molecule has 0 aliphatic rings. The monoisotopic (exact) mass is 385 g/mol. The maximum absolute atomic E-state index is 12.0. The second-order valence-electron chi connectivity index (χ2n) is 6.33. The van der Waals surface area contributed by atoms with Crippen LogP contribution < -0.4 is 15.7 Å². The number of benzene rings is 2. The zero-order valence-corrected chi connectivity index (χ0v) is 15.9. The first kappa shape index (κ1) is 19.0. The van der Waals surface area contributed by atoms with Crippen molar-refractivity contribution in [3.8, 4) is 5.75 Å². The summed E-state index contributed by atoms with van der Waals surface area (Å²) in [7, 11) is 0. The van der Waals surface area contributed by atoms with Gasteiger partial charge in [0, 0.05) is 28.6 Å². The van der Waals surface area contributed by atoms with Crippen LogP contribution in [0.15, 0.2) is 51.7 Å². The van der Waals surface area contributed by atoms with Gasteiger partial charge in [-0.3, -0.25) is 4.79 Å². The van der Waals surface area contributed by atoms with Crippen molar-refractivity contribution in [2.75, 3.05) is 13.2 Å². The van der Waals surface area contributed by atoms with E-state index in [1.165, 1.54) is 6.07 Å². The van der Waals surface area contributed by atoms with Gasteiger partial charge in [-0.25, -0.2) is 4.79 Å². The van der Waals surface area contributed by atoms with Gasteiger partial charge in [0.2, 0.25) is 0 Å². The molecule has 3 aromatic rings. The summed E-state index contributed by atoms with van der Waals surface area (Å²) in [5.41, 5.74) is 2.67. The van der Waals surface area contributed by atoms with Gasteiger partial charge in [-0.15, -0.1) is 0 Å². The molecule has 140 valence electrons. The van der Waals surface area contributed by atoms with Crippen molar-refractivity contribution in [3.63, 3.8) is 0 Å². The number of carbonyl (C=O) groups is 1. The van der Waals surface area contributed by atoms with E-state index in [1.807, 2.05) is 37.3 Å². The van der Waals surface area contributed by atoms with Crippen LogP contribution in [0.25, 0.3) is 11.0 Å². The molecule has 0 saturated heterocycles. The van der Waals surface area contributed by atoms with Gasteiger partial charge in [0.05, 0.1) is 0 Å². The van der Waals surface area contributed by atoms with E-state index >= 15 is 0 Å². The molecular formula is C21H20ClNO4. The van der Waals surface area contributed by atoms with Crippen molar-refractivity contribution < 1.29 is 13.9 Å². The highest BCUT2D eigenvalue weighted by atomic mass is 35.5. The average Bonchev–Trinajstić information content (AvgIpc) is 2.62. The molecule has 1 aromatic heterocycles. The van der Waals surface area contributed by atoms with Crippen LogP contribution >= 0.6 is 11.6 Å². The van der Waals surface area contributed by atoms with Crippen LogP contribution in [0.3, 0.4) is 0 Å². The van der Waals surface area contributed by atoms with E-state index in [1.54, 1.807) is 13.0 Å². The second-order valence-corrected chi connectivity index (χ2v) is 6.77. The smallest absolute Gasteiger partial charge is 0.336 e. The highest BCUT2D eigenvalue weighted by molar-refractivity contribution is 6.30. The Labute approximate surface area is 161 Å². The number of fused-ring (bicyclic) bond motifs is 1. The van der Waals surface area contributed by atoms with Gasteiger partial charge in [-0.05, 0) is 55.7 Å². The molecule has 0 aliphatic heterocycles. The fourth-order valence-corrected chi connectivity index (χ4v) is 3.10. The molecule has 6 heteroatoms. The van der Waals surface area contributed by atoms with Gasteiger partial charge in [-0.2, -0.15) is 0 Å². The van der Waals surface area contributed by atoms with E-state index in [2.05, 4.69) is 5.32 Å². The second kappa shape index (κ2) is 8.27. The molecule has 0 saturated carbocycles. The zero-order valence-electron chi connectivity index (χ0n) is 15.2. The number of halogens is 1. The Morgan fingerprint density at radius 1 is 1.19 bits per heavy atom. The first-order valence-corrected chi connectivity index (χ1v) is 9.00. The Balaban J connectivity index is 1.58. The van der Waals surface area contributed by atoms with Gasteiger partial charge < -0.3 is 14.5 Å². The Morgan fingerprint density at radius 3 is 2.78 bits per heavy atom. The number of ether oxygens (including phenoxy) is 1. The van der Waals surface area contributed by atoms with Crippen LogP contribution in [0.4, 0.5) is 0 Å². The summed E-state index contributed by atoms with van der Waals surface area (Å²) in [5.74, 6) is 0.295.